The molecule has 0 bridgehead atoms. The van der Waals surface area contributed by atoms with E-state index in [4.69, 9.17) is 0 Å². The van der Waals surface area contributed by atoms with Gasteiger partial charge < -0.3 is 10.4 Å². The number of rotatable bonds is 5. The van der Waals surface area contributed by atoms with E-state index in [-0.39, 0.29) is 17.6 Å². The standard InChI is InChI=1S/C13H19F2NO/c1-4-8(2)16-9(3)13(17)11-7-10(14)5-6-12(11)15/h5-9,13,16-17H,4H2,1-3H3. The average Bonchev–Trinajstić information content (AvgIpc) is 2.31. The second kappa shape index (κ2) is 6.07. The van der Waals surface area contributed by atoms with Crippen LogP contribution in [-0.4, -0.2) is 17.2 Å². The van der Waals surface area contributed by atoms with Crippen LogP contribution in [0.1, 0.15) is 38.9 Å². The van der Waals surface area contributed by atoms with Crippen LogP contribution in [-0.2, 0) is 0 Å². The molecule has 96 valence electrons. The van der Waals surface area contributed by atoms with E-state index in [1.807, 2.05) is 13.8 Å². The van der Waals surface area contributed by atoms with E-state index in [1.54, 1.807) is 6.92 Å². The molecule has 1 aromatic carbocycles. The highest BCUT2D eigenvalue weighted by Gasteiger charge is 2.21. The Balaban J connectivity index is 2.80. The van der Waals surface area contributed by atoms with Gasteiger partial charge in [0, 0.05) is 17.6 Å². The lowest BCUT2D eigenvalue weighted by Crippen LogP contribution is -2.38. The number of hydrogen-bond acceptors (Lipinski definition) is 2. The van der Waals surface area contributed by atoms with Gasteiger partial charge in [-0.1, -0.05) is 6.92 Å². The quantitative estimate of drug-likeness (QED) is 0.833. The maximum atomic E-state index is 13.4. The van der Waals surface area contributed by atoms with E-state index in [0.717, 1.165) is 24.6 Å². The third-order valence-corrected chi connectivity index (χ3v) is 2.91. The monoisotopic (exact) mass is 243 g/mol. The van der Waals surface area contributed by atoms with Crippen LogP contribution in [0.3, 0.4) is 0 Å². The highest BCUT2D eigenvalue weighted by atomic mass is 19.1. The third kappa shape index (κ3) is 3.75. The molecule has 3 atom stereocenters. The molecule has 0 heterocycles. The van der Waals surface area contributed by atoms with Gasteiger partial charge in [-0.05, 0) is 38.5 Å². The van der Waals surface area contributed by atoms with Crippen molar-refractivity contribution in [2.24, 2.45) is 0 Å². The van der Waals surface area contributed by atoms with E-state index in [2.05, 4.69) is 5.32 Å². The minimum atomic E-state index is -1.06. The average molecular weight is 243 g/mol. The van der Waals surface area contributed by atoms with Crippen LogP contribution in [0.2, 0.25) is 0 Å². The molecule has 17 heavy (non-hydrogen) atoms. The molecule has 0 saturated heterocycles. The molecule has 0 fully saturated rings. The van der Waals surface area contributed by atoms with Crippen molar-refractivity contribution in [2.75, 3.05) is 0 Å². The summed E-state index contributed by atoms with van der Waals surface area (Å²) in [5.41, 5.74) is -0.00620. The summed E-state index contributed by atoms with van der Waals surface area (Å²) in [6, 6.07) is 2.99. The van der Waals surface area contributed by atoms with Crippen LogP contribution >= 0.6 is 0 Å². The van der Waals surface area contributed by atoms with E-state index >= 15 is 0 Å². The molecule has 1 aromatic rings. The van der Waals surface area contributed by atoms with Gasteiger partial charge in [-0.15, -0.1) is 0 Å². The molecule has 2 N–H and O–H groups in total. The van der Waals surface area contributed by atoms with Crippen molar-refractivity contribution in [3.05, 3.63) is 35.4 Å². The van der Waals surface area contributed by atoms with E-state index < -0.39 is 17.7 Å². The topological polar surface area (TPSA) is 32.3 Å². The summed E-state index contributed by atoms with van der Waals surface area (Å²) in [7, 11) is 0. The van der Waals surface area contributed by atoms with Gasteiger partial charge in [0.1, 0.15) is 11.6 Å². The summed E-state index contributed by atoms with van der Waals surface area (Å²) in [5, 5.41) is 13.1. The molecule has 0 amide bonds. The van der Waals surface area contributed by atoms with Gasteiger partial charge in [0.25, 0.3) is 0 Å². The smallest absolute Gasteiger partial charge is 0.129 e. The number of aliphatic hydroxyl groups excluding tert-OH is 1. The predicted molar refractivity (Wildman–Crippen MR) is 63.7 cm³/mol. The van der Waals surface area contributed by atoms with Crippen LogP contribution in [0, 0.1) is 11.6 Å². The van der Waals surface area contributed by atoms with Gasteiger partial charge in [-0.25, -0.2) is 8.78 Å². The fourth-order valence-corrected chi connectivity index (χ4v) is 1.67. The molecule has 2 nitrogen and oxygen atoms in total. The van der Waals surface area contributed by atoms with Gasteiger partial charge in [0.15, 0.2) is 0 Å². The Morgan fingerprint density at radius 1 is 1.29 bits per heavy atom. The van der Waals surface area contributed by atoms with Crippen molar-refractivity contribution in [1.29, 1.82) is 0 Å². The molecule has 0 saturated carbocycles. The van der Waals surface area contributed by atoms with Gasteiger partial charge in [-0.3, -0.25) is 0 Å². The van der Waals surface area contributed by atoms with Crippen LogP contribution in [0.25, 0.3) is 0 Å². The van der Waals surface area contributed by atoms with Crippen LogP contribution in [0.15, 0.2) is 18.2 Å². The van der Waals surface area contributed by atoms with Crippen molar-refractivity contribution >= 4 is 0 Å². The van der Waals surface area contributed by atoms with Crippen molar-refractivity contribution in [3.8, 4) is 0 Å². The van der Waals surface area contributed by atoms with Crippen LogP contribution in [0.5, 0.6) is 0 Å². The molecular weight excluding hydrogens is 224 g/mol. The fraction of sp³-hybridized carbons (Fsp3) is 0.538. The van der Waals surface area contributed by atoms with Gasteiger partial charge in [0.05, 0.1) is 6.10 Å². The van der Waals surface area contributed by atoms with E-state index in [0.29, 0.717) is 0 Å². The van der Waals surface area contributed by atoms with Crippen molar-refractivity contribution in [3.63, 3.8) is 0 Å². The Morgan fingerprint density at radius 3 is 2.53 bits per heavy atom. The molecule has 1 rings (SSSR count). The molecular formula is C13H19F2NO. The first kappa shape index (κ1) is 14.1. The van der Waals surface area contributed by atoms with Crippen LogP contribution in [0.4, 0.5) is 8.78 Å². The first-order valence-electron chi connectivity index (χ1n) is 5.84. The molecule has 0 aromatic heterocycles. The summed E-state index contributed by atoms with van der Waals surface area (Å²) in [5.74, 6) is -1.13. The Bertz CT molecular complexity index is 370. The molecule has 0 aliphatic carbocycles. The first-order valence-corrected chi connectivity index (χ1v) is 5.84. The Labute approximate surface area is 101 Å². The van der Waals surface area contributed by atoms with E-state index in [9.17, 15) is 13.9 Å². The highest BCUT2D eigenvalue weighted by molar-refractivity contribution is 5.22. The second-order valence-electron chi connectivity index (χ2n) is 4.38. The lowest BCUT2D eigenvalue weighted by atomic mass is 10.0. The fourth-order valence-electron chi connectivity index (χ4n) is 1.67. The maximum absolute atomic E-state index is 13.4. The minimum Gasteiger partial charge on any atom is -0.387 e. The number of halogens is 2. The predicted octanol–water partition coefficient (Wildman–Crippen LogP) is 2.77. The Morgan fingerprint density at radius 2 is 1.94 bits per heavy atom. The number of hydrogen-bond donors (Lipinski definition) is 2. The summed E-state index contributed by atoms with van der Waals surface area (Å²) < 4.78 is 26.4. The molecule has 3 unspecified atom stereocenters. The third-order valence-electron chi connectivity index (χ3n) is 2.91. The van der Waals surface area contributed by atoms with Crippen molar-refractivity contribution < 1.29 is 13.9 Å². The maximum Gasteiger partial charge on any atom is 0.129 e. The normalized spacial score (nSPS) is 16.6. The molecule has 0 aliphatic heterocycles. The van der Waals surface area contributed by atoms with Crippen molar-refractivity contribution in [2.45, 2.75) is 45.4 Å². The van der Waals surface area contributed by atoms with E-state index in [1.165, 1.54) is 0 Å². The number of benzene rings is 1. The lowest BCUT2D eigenvalue weighted by molar-refractivity contribution is 0.126. The SMILES string of the molecule is CCC(C)NC(C)C(O)c1cc(F)ccc1F. The number of nitrogens with one attached hydrogen (secondary N) is 1. The lowest BCUT2D eigenvalue weighted by Gasteiger charge is -2.24. The second-order valence-corrected chi connectivity index (χ2v) is 4.38. The zero-order valence-corrected chi connectivity index (χ0v) is 10.4. The largest absolute Gasteiger partial charge is 0.387 e. The zero-order valence-electron chi connectivity index (χ0n) is 10.4. The Hall–Kier alpha value is -1.00. The van der Waals surface area contributed by atoms with Gasteiger partial charge >= 0.3 is 0 Å². The molecule has 0 spiro atoms. The number of aliphatic hydroxyl groups is 1. The summed E-state index contributed by atoms with van der Waals surface area (Å²) in [6.45, 7) is 5.74. The molecule has 4 heteroatoms. The van der Waals surface area contributed by atoms with Crippen LogP contribution < -0.4 is 5.32 Å². The zero-order chi connectivity index (χ0) is 13.0. The summed E-state index contributed by atoms with van der Waals surface area (Å²) in [4.78, 5) is 0. The first-order chi connectivity index (χ1) is 7.95. The van der Waals surface area contributed by atoms with Gasteiger partial charge in [-0.2, -0.15) is 0 Å². The van der Waals surface area contributed by atoms with Gasteiger partial charge in [0.2, 0.25) is 0 Å². The highest BCUT2D eigenvalue weighted by Crippen LogP contribution is 2.21. The van der Waals surface area contributed by atoms with Crippen molar-refractivity contribution in [1.82, 2.24) is 5.32 Å². The molecule has 0 aliphatic rings. The molecule has 0 radical (unpaired) electrons. The minimum absolute atomic E-state index is 0.00620. The summed E-state index contributed by atoms with van der Waals surface area (Å²) in [6.07, 6.45) is -0.150. The summed E-state index contributed by atoms with van der Waals surface area (Å²) >= 11 is 0. The Kier molecular flexibility index (Phi) is 5.02.